The Morgan fingerprint density at radius 1 is 1.11 bits per heavy atom. The molecule has 1 saturated carbocycles. The van der Waals surface area contributed by atoms with Crippen molar-refractivity contribution in [2.24, 2.45) is 0 Å². The minimum absolute atomic E-state index is 0.0238. The van der Waals surface area contributed by atoms with E-state index in [0.29, 0.717) is 12.1 Å². The Balaban J connectivity index is 1.56. The van der Waals surface area contributed by atoms with E-state index in [4.69, 9.17) is 4.74 Å². The van der Waals surface area contributed by atoms with Crippen LogP contribution >= 0.6 is 0 Å². The second-order valence-corrected chi connectivity index (χ2v) is 7.60. The Morgan fingerprint density at radius 2 is 1.83 bits per heavy atom. The van der Waals surface area contributed by atoms with Crippen molar-refractivity contribution < 1.29 is 4.74 Å². The van der Waals surface area contributed by atoms with E-state index in [1.165, 1.54) is 32.4 Å². The van der Waals surface area contributed by atoms with E-state index < -0.39 is 0 Å². The van der Waals surface area contributed by atoms with Crippen LogP contribution in [0.15, 0.2) is 0 Å². The van der Waals surface area contributed by atoms with Gasteiger partial charge in [-0.05, 0) is 53.4 Å². The molecule has 2 unspecified atom stereocenters. The van der Waals surface area contributed by atoms with Gasteiger partial charge in [0.25, 0.3) is 0 Å². The van der Waals surface area contributed by atoms with Gasteiger partial charge >= 0.3 is 0 Å². The van der Waals surface area contributed by atoms with Gasteiger partial charge in [-0.2, -0.15) is 0 Å². The average molecular weight is 252 g/mol. The fourth-order valence-electron chi connectivity index (χ4n) is 3.80. The SMILES string of the molecule is CC1(C)CC(NC2CCN(C3CC3)C2)C(C)(C)O1. The molecule has 3 fully saturated rings. The monoisotopic (exact) mass is 252 g/mol. The van der Waals surface area contributed by atoms with Crippen molar-refractivity contribution in [3.05, 3.63) is 0 Å². The van der Waals surface area contributed by atoms with Gasteiger partial charge in [0.2, 0.25) is 0 Å². The van der Waals surface area contributed by atoms with Gasteiger partial charge in [0.15, 0.2) is 0 Å². The van der Waals surface area contributed by atoms with Crippen LogP contribution in [0.3, 0.4) is 0 Å². The summed E-state index contributed by atoms with van der Waals surface area (Å²) >= 11 is 0. The Labute approximate surface area is 111 Å². The summed E-state index contributed by atoms with van der Waals surface area (Å²) in [6.45, 7) is 11.4. The van der Waals surface area contributed by atoms with E-state index in [-0.39, 0.29) is 11.2 Å². The van der Waals surface area contributed by atoms with Crippen molar-refractivity contribution in [3.63, 3.8) is 0 Å². The molecular weight excluding hydrogens is 224 g/mol. The number of rotatable bonds is 3. The number of ether oxygens (including phenoxy) is 1. The molecule has 2 atom stereocenters. The standard InChI is InChI=1S/C15H28N2O/c1-14(2)9-13(15(3,4)18-14)16-11-7-8-17(10-11)12-5-6-12/h11-13,16H,5-10H2,1-4H3. The lowest BCUT2D eigenvalue weighted by Gasteiger charge is -2.30. The van der Waals surface area contributed by atoms with E-state index >= 15 is 0 Å². The van der Waals surface area contributed by atoms with Crippen molar-refractivity contribution >= 4 is 0 Å². The smallest absolute Gasteiger partial charge is 0.0787 e. The fraction of sp³-hybridized carbons (Fsp3) is 1.00. The molecule has 0 aromatic carbocycles. The lowest BCUT2D eigenvalue weighted by atomic mass is 9.93. The maximum absolute atomic E-state index is 6.17. The molecule has 0 amide bonds. The lowest BCUT2D eigenvalue weighted by molar-refractivity contribution is -0.0703. The number of nitrogens with zero attached hydrogens (tertiary/aromatic N) is 1. The van der Waals surface area contributed by atoms with Gasteiger partial charge in [0.1, 0.15) is 0 Å². The first-order valence-corrected chi connectivity index (χ1v) is 7.56. The predicted octanol–water partition coefficient (Wildman–Crippen LogP) is 2.16. The minimum atomic E-state index is -0.0312. The summed E-state index contributed by atoms with van der Waals surface area (Å²) in [7, 11) is 0. The van der Waals surface area contributed by atoms with Gasteiger partial charge in [-0.15, -0.1) is 0 Å². The highest BCUT2D eigenvalue weighted by Crippen LogP contribution is 2.38. The first-order chi connectivity index (χ1) is 8.36. The van der Waals surface area contributed by atoms with Crippen LogP contribution in [0.4, 0.5) is 0 Å². The summed E-state index contributed by atoms with van der Waals surface area (Å²) in [5.41, 5.74) is -0.00749. The van der Waals surface area contributed by atoms with Crippen molar-refractivity contribution in [2.75, 3.05) is 13.1 Å². The van der Waals surface area contributed by atoms with Gasteiger partial charge in [0.05, 0.1) is 11.2 Å². The van der Waals surface area contributed by atoms with Gasteiger partial charge in [-0.1, -0.05) is 0 Å². The van der Waals surface area contributed by atoms with Crippen molar-refractivity contribution in [1.82, 2.24) is 10.2 Å². The minimum Gasteiger partial charge on any atom is -0.368 e. The Morgan fingerprint density at radius 3 is 2.39 bits per heavy atom. The molecule has 2 saturated heterocycles. The van der Waals surface area contributed by atoms with Crippen LogP contribution in [-0.4, -0.2) is 47.3 Å². The van der Waals surface area contributed by atoms with E-state index in [1.54, 1.807) is 0 Å². The number of likely N-dealkylation sites (tertiary alicyclic amines) is 1. The topological polar surface area (TPSA) is 24.5 Å². The summed E-state index contributed by atoms with van der Waals surface area (Å²) < 4.78 is 6.17. The molecule has 0 bridgehead atoms. The number of hydrogen-bond acceptors (Lipinski definition) is 3. The zero-order chi connectivity index (χ0) is 13.0. The molecule has 3 nitrogen and oxygen atoms in total. The molecule has 1 aliphatic carbocycles. The largest absolute Gasteiger partial charge is 0.368 e. The normalized spacial score (nSPS) is 39.3. The van der Waals surface area contributed by atoms with Crippen LogP contribution in [0.5, 0.6) is 0 Å². The summed E-state index contributed by atoms with van der Waals surface area (Å²) in [5.74, 6) is 0. The summed E-state index contributed by atoms with van der Waals surface area (Å²) in [6, 6.07) is 2.09. The zero-order valence-corrected chi connectivity index (χ0v) is 12.3. The highest BCUT2D eigenvalue weighted by Gasteiger charge is 2.47. The zero-order valence-electron chi connectivity index (χ0n) is 12.3. The van der Waals surface area contributed by atoms with Crippen molar-refractivity contribution in [3.8, 4) is 0 Å². The predicted molar refractivity (Wildman–Crippen MR) is 73.8 cm³/mol. The van der Waals surface area contributed by atoms with E-state index in [0.717, 1.165) is 12.5 Å². The van der Waals surface area contributed by atoms with Crippen molar-refractivity contribution in [1.29, 1.82) is 0 Å². The third-order valence-electron chi connectivity index (χ3n) is 4.79. The Kier molecular flexibility index (Phi) is 3.00. The van der Waals surface area contributed by atoms with Gasteiger partial charge in [-0.25, -0.2) is 0 Å². The second kappa shape index (κ2) is 4.19. The summed E-state index contributed by atoms with van der Waals surface area (Å²) in [5, 5.41) is 3.87. The molecule has 18 heavy (non-hydrogen) atoms. The Bertz CT molecular complexity index is 322. The maximum atomic E-state index is 6.17. The van der Waals surface area contributed by atoms with Crippen LogP contribution in [0, 0.1) is 0 Å². The van der Waals surface area contributed by atoms with E-state index in [2.05, 4.69) is 37.9 Å². The molecule has 0 spiro atoms. The molecule has 2 heterocycles. The van der Waals surface area contributed by atoms with Crippen LogP contribution in [0.1, 0.15) is 53.4 Å². The molecule has 3 aliphatic rings. The third-order valence-corrected chi connectivity index (χ3v) is 4.79. The molecule has 2 aliphatic heterocycles. The summed E-state index contributed by atoms with van der Waals surface area (Å²) in [4.78, 5) is 2.67. The number of hydrogen-bond donors (Lipinski definition) is 1. The molecule has 3 heteroatoms. The van der Waals surface area contributed by atoms with E-state index in [1.807, 2.05) is 0 Å². The molecular formula is C15H28N2O. The number of nitrogens with one attached hydrogen (secondary N) is 1. The first-order valence-electron chi connectivity index (χ1n) is 7.56. The van der Waals surface area contributed by atoms with Gasteiger partial charge in [0, 0.05) is 31.2 Å². The third kappa shape index (κ3) is 2.59. The molecule has 104 valence electrons. The lowest BCUT2D eigenvalue weighted by Crippen LogP contribution is -2.48. The summed E-state index contributed by atoms with van der Waals surface area (Å²) in [6.07, 6.45) is 5.29. The van der Waals surface area contributed by atoms with Crippen LogP contribution in [0.2, 0.25) is 0 Å². The van der Waals surface area contributed by atoms with Crippen LogP contribution in [-0.2, 0) is 4.74 Å². The van der Waals surface area contributed by atoms with Crippen LogP contribution in [0.25, 0.3) is 0 Å². The van der Waals surface area contributed by atoms with E-state index in [9.17, 15) is 0 Å². The molecule has 0 radical (unpaired) electrons. The van der Waals surface area contributed by atoms with Gasteiger partial charge in [-0.3, -0.25) is 4.90 Å². The molecule has 3 rings (SSSR count). The highest BCUT2D eigenvalue weighted by molar-refractivity contribution is 5.01. The highest BCUT2D eigenvalue weighted by atomic mass is 16.5. The molecule has 1 N–H and O–H groups in total. The van der Waals surface area contributed by atoms with Gasteiger partial charge < -0.3 is 10.1 Å². The maximum Gasteiger partial charge on any atom is 0.0787 e. The van der Waals surface area contributed by atoms with Crippen LogP contribution < -0.4 is 5.32 Å². The quantitative estimate of drug-likeness (QED) is 0.833. The van der Waals surface area contributed by atoms with Crippen molar-refractivity contribution in [2.45, 2.75) is 82.7 Å². The Hall–Kier alpha value is -0.120. The fourth-order valence-corrected chi connectivity index (χ4v) is 3.80. The first kappa shape index (κ1) is 12.9. The molecule has 0 aromatic heterocycles. The molecule has 0 aromatic rings. The average Bonchev–Trinajstić information content (AvgIpc) is 2.92. The second-order valence-electron chi connectivity index (χ2n) is 7.60.